The maximum Gasteiger partial charge on any atom is 0.264 e. The van der Waals surface area contributed by atoms with Gasteiger partial charge in [-0.25, -0.2) is 8.42 Å². The van der Waals surface area contributed by atoms with E-state index in [0.717, 1.165) is 17.7 Å². The fourth-order valence-corrected chi connectivity index (χ4v) is 4.63. The lowest BCUT2D eigenvalue weighted by molar-refractivity contribution is 0.297. The summed E-state index contributed by atoms with van der Waals surface area (Å²) in [5, 5.41) is 3.26. The number of fused-ring (bicyclic) bond motifs is 2. The van der Waals surface area contributed by atoms with Crippen molar-refractivity contribution in [2.24, 2.45) is 0 Å². The molecule has 25 heavy (non-hydrogen) atoms. The summed E-state index contributed by atoms with van der Waals surface area (Å²) in [6.45, 7) is 2.73. The smallest absolute Gasteiger partial charge is 0.264 e. The van der Waals surface area contributed by atoms with E-state index in [1.165, 1.54) is 4.31 Å². The second-order valence-electron chi connectivity index (χ2n) is 6.04. The summed E-state index contributed by atoms with van der Waals surface area (Å²) >= 11 is 0. The van der Waals surface area contributed by atoms with Crippen molar-refractivity contribution in [1.82, 2.24) is 5.32 Å². The summed E-state index contributed by atoms with van der Waals surface area (Å²) in [6.07, 6.45) is 0.780. The van der Waals surface area contributed by atoms with Crippen molar-refractivity contribution in [1.29, 1.82) is 0 Å². The minimum atomic E-state index is -3.69. The summed E-state index contributed by atoms with van der Waals surface area (Å²) in [5.41, 5.74) is 1.69. The maximum absolute atomic E-state index is 13.3. The summed E-state index contributed by atoms with van der Waals surface area (Å²) in [4.78, 5) is 0.216. The van der Waals surface area contributed by atoms with Gasteiger partial charge in [-0.15, -0.1) is 0 Å². The fraction of sp³-hybridized carbons (Fsp3) is 0.333. The van der Waals surface area contributed by atoms with Crippen LogP contribution in [0.1, 0.15) is 12.0 Å². The Balaban J connectivity index is 1.76. The van der Waals surface area contributed by atoms with Crippen LogP contribution in [0, 0.1) is 0 Å². The Labute approximate surface area is 147 Å². The predicted octanol–water partition coefficient (Wildman–Crippen LogP) is 2.15. The lowest BCUT2D eigenvalue weighted by Gasteiger charge is -2.24. The lowest BCUT2D eigenvalue weighted by atomic mass is 10.2. The summed E-state index contributed by atoms with van der Waals surface area (Å²) < 4.78 is 39.3. The van der Waals surface area contributed by atoms with E-state index in [9.17, 15) is 8.42 Å². The van der Waals surface area contributed by atoms with Crippen LogP contribution in [-0.2, 0) is 16.6 Å². The first-order chi connectivity index (χ1) is 12.2. The predicted molar refractivity (Wildman–Crippen MR) is 94.7 cm³/mol. The van der Waals surface area contributed by atoms with Crippen LogP contribution in [0.25, 0.3) is 0 Å². The van der Waals surface area contributed by atoms with Crippen molar-refractivity contribution < 1.29 is 17.9 Å². The van der Waals surface area contributed by atoms with Crippen LogP contribution < -0.4 is 19.1 Å². The van der Waals surface area contributed by atoms with Gasteiger partial charge < -0.3 is 14.8 Å². The third kappa shape index (κ3) is 3.05. The standard InChI is InChI=1S/C18H20N2O4S/c21-25(22,15-6-7-17-18(12-15)24-11-3-10-23-17)20-9-8-19-13-14-4-1-2-5-16(14)20/h1-2,4-7,12,19H,3,8-11,13H2. The summed E-state index contributed by atoms with van der Waals surface area (Å²) in [5.74, 6) is 1.08. The van der Waals surface area contributed by atoms with Crippen LogP contribution in [0.5, 0.6) is 11.5 Å². The van der Waals surface area contributed by atoms with Gasteiger partial charge in [-0.2, -0.15) is 0 Å². The quantitative estimate of drug-likeness (QED) is 0.889. The molecule has 132 valence electrons. The Kier molecular flexibility index (Phi) is 4.27. The molecule has 0 saturated carbocycles. The lowest BCUT2D eigenvalue weighted by Crippen LogP contribution is -2.34. The van der Waals surface area contributed by atoms with Crippen LogP contribution in [0.15, 0.2) is 47.4 Å². The highest BCUT2D eigenvalue weighted by Gasteiger charge is 2.29. The molecule has 2 aromatic carbocycles. The first-order valence-corrected chi connectivity index (χ1v) is 9.81. The highest BCUT2D eigenvalue weighted by molar-refractivity contribution is 7.92. The second-order valence-corrected chi connectivity index (χ2v) is 7.90. The summed E-state index contributed by atoms with van der Waals surface area (Å²) in [6, 6.07) is 12.4. The van der Waals surface area contributed by atoms with Gasteiger partial charge in [0.2, 0.25) is 0 Å². The molecule has 6 nitrogen and oxygen atoms in total. The van der Waals surface area contributed by atoms with Crippen molar-refractivity contribution >= 4 is 15.7 Å². The largest absolute Gasteiger partial charge is 0.490 e. The molecule has 4 rings (SSSR count). The summed E-state index contributed by atoms with van der Waals surface area (Å²) in [7, 11) is -3.69. The Bertz CT molecular complexity index is 882. The van der Waals surface area contributed by atoms with E-state index in [2.05, 4.69) is 5.32 Å². The first kappa shape index (κ1) is 16.2. The van der Waals surface area contributed by atoms with Crippen molar-refractivity contribution in [2.45, 2.75) is 17.9 Å². The molecule has 2 aromatic rings. The molecule has 0 saturated heterocycles. The number of hydrogen-bond acceptors (Lipinski definition) is 5. The third-order valence-corrected chi connectivity index (χ3v) is 6.18. The Hall–Kier alpha value is -2.25. The average molecular weight is 360 g/mol. The fourth-order valence-electron chi connectivity index (χ4n) is 3.11. The normalized spacial score (nSPS) is 17.4. The zero-order valence-electron chi connectivity index (χ0n) is 13.8. The number of hydrogen-bond donors (Lipinski definition) is 1. The number of anilines is 1. The molecule has 0 aliphatic carbocycles. The highest BCUT2D eigenvalue weighted by atomic mass is 32.2. The van der Waals surface area contributed by atoms with Gasteiger partial charge in [0.15, 0.2) is 11.5 Å². The van der Waals surface area contributed by atoms with Gasteiger partial charge in [0.05, 0.1) is 23.8 Å². The van der Waals surface area contributed by atoms with Gasteiger partial charge in [0.25, 0.3) is 10.0 Å². The van der Waals surface area contributed by atoms with E-state index in [1.807, 2.05) is 24.3 Å². The Morgan fingerprint density at radius 1 is 1.00 bits per heavy atom. The van der Waals surface area contributed by atoms with Gasteiger partial charge in [-0.3, -0.25) is 4.31 Å². The molecule has 0 bridgehead atoms. The van der Waals surface area contributed by atoms with Gasteiger partial charge in [0, 0.05) is 32.1 Å². The number of nitrogens with one attached hydrogen (secondary N) is 1. The van der Waals surface area contributed by atoms with E-state index < -0.39 is 10.0 Å². The number of sulfonamides is 1. The molecule has 0 atom stereocenters. The molecular weight excluding hydrogens is 340 g/mol. The van der Waals surface area contributed by atoms with E-state index >= 15 is 0 Å². The average Bonchev–Trinajstić information content (AvgIpc) is 2.99. The van der Waals surface area contributed by atoms with Crippen molar-refractivity contribution in [2.75, 3.05) is 30.6 Å². The van der Waals surface area contributed by atoms with E-state index in [4.69, 9.17) is 9.47 Å². The number of ether oxygens (including phenoxy) is 2. The molecule has 0 unspecified atom stereocenters. The topological polar surface area (TPSA) is 67.9 Å². The molecule has 0 amide bonds. The van der Waals surface area contributed by atoms with Gasteiger partial charge in [-0.1, -0.05) is 18.2 Å². The molecule has 1 N–H and O–H groups in total. The molecular formula is C18H20N2O4S. The molecule has 2 heterocycles. The zero-order valence-corrected chi connectivity index (χ0v) is 14.6. The van der Waals surface area contributed by atoms with E-state index in [1.54, 1.807) is 18.2 Å². The SMILES string of the molecule is O=S(=O)(c1ccc2c(c1)OCCCO2)N1CCNCc2ccccc21. The number of benzene rings is 2. The molecule has 2 aliphatic heterocycles. The van der Waals surface area contributed by atoms with Crippen LogP contribution in [0.3, 0.4) is 0 Å². The molecule has 7 heteroatoms. The third-order valence-electron chi connectivity index (χ3n) is 4.37. The second kappa shape index (κ2) is 6.57. The van der Waals surface area contributed by atoms with Crippen molar-refractivity contribution in [3.63, 3.8) is 0 Å². The van der Waals surface area contributed by atoms with Crippen LogP contribution in [0.2, 0.25) is 0 Å². The van der Waals surface area contributed by atoms with Gasteiger partial charge in [0.1, 0.15) is 0 Å². The molecule has 0 fully saturated rings. The van der Waals surface area contributed by atoms with E-state index in [0.29, 0.717) is 44.3 Å². The van der Waals surface area contributed by atoms with E-state index in [-0.39, 0.29) is 4.90 Å². The molecule has 2 aliphatic rings. The monoisotopic (exact) mass is 360 g/mol. The number of para-hydroxylation sites is 1. The first-order valence-electron chi connectivity index (χ1n) is 8.37. The van der Waals surface area contributed by atoms with Crippen molar-refractivity contribution in [3.8, 4) is 11.5 Å². The zero-order chi connectivity index (χ0) is 17.3. The van der Waals surface area contributed by atoms with Crippen LogP contribution in [-0.4, -0.2) is 34.7 Å². The van der Waals surface area contributed by atoms with Crippen molar-refractivity contribution in [3.05, 3.63) is 48.0 Å². The molecule has 0 radical (unpaired) electrons. The van der Waals surface area contributed by atoms with Crippen LogP contribution >= 0.6 is 0 Å². The Morgan fingerprint density at radius 3 is 2.68 bits per heavy atom. The number of rotatable bonds is 2. The molecule has 0 spiro atoms. The maximum atomic E-state index is 13.3. The minimum absolute atomic E-state index is 0.216. The number of nitrogens with zero attached hydrogens (tertiary/aromatic N) is 1. The van der Waals surface area contributed by atoms with Gasteiger partial charge in [-0.05, 0) is 23.8 Å². The minimum Gasteiger partial charge on any atom is -0.490 e. The Morgan fingerprint density at radius 2 is 1.80 bits per heavy atom. The molecule has 0 aromatic heterocycles. The highest BCUT2D eigenvalue weighted by Crippen LogP contribution is 2.34. The van der Waals surface area contributed by atoms with Crippen LogP contribution in [0.4, 0.5) is 5.69 Å². The van der Waals surface area contributed by atoms with Gasteiger partial charge >= 0.3 is 0 Å².